The Morgan fingerprint density at radius 2 is 2.26 bits per heavy atom. The summed E-state index contributed by atoms with van der Waals surface area (Å²) in [5.74, 6) is 0.279. The summed E-state index contributed by atoms with van der Waals surface area (Å²) in [6.07, 6.45) is -0.466. The van der Waals surface area contributed by atoms with Crippen LogP contribution < -0.4 is 15.4 Å². The number of nitrogens with one attached hydrogen (secondary N) is 2. The lowest BCUT2D eigenvalue weighted by molar-refractivity contribution is -0.118. The molecule has 2 heterocycles. The monoisotopic (exact) mass is 262 g/mol. The van der Waals surface area contributed by atoms with Gasteiger partial charge in [-0.25, -0.2) is 0 Å². The Balaban J connectivity index is 1.83. The molecule has 0 spiro atoms. The van der Waals surface area contributed by atoms with Gasteiger partial charge >= 0.3 is 0 Å². The Morgan fingerprint density at radius 3 is 3.05 bits per heavy atom. The van der Waals surface area contributed by atoms with Gasteiger partial charge in [0.1, 0.15) is 11.9 Å². The molecule has 0 radical (unpaired) electrons. The minimum Gasteiger partial charge on any atom is -0.482 e. The molecule has 6 nitrogen and oxygen atoms in total. The van der Waals surface area contributed by atoms with E-state index < -0.39 is 6.10 Å². The van der Waals surface area contributed by atoms with E-state index in [0.717, 1.165) is 6.54 Å². The summed E-state index contributed by atoms with van der Waals surface area (Å²) in [6.45, 7) is 1.81. The number of carbonyl (C=O) groups is 2. The second-order valence-corrected chi connectivity index (χ2v) is 4.48. The third-order valence-electron chi connectivity index (χ3n) is 3.12. The van der Waals surface area contributed by atoms with Crippen LogP contribution in [0.5, 0.6) is 5.75 Å². The predicted molar refractivity (Wildman–Crippen MR) is 67.5 cm³/mol. The molecule has 0 aromatic heterocycles. The molecule has 1 saturated heterocycles. The normalized spacial score (nSPS) is 22.1. The fourth-order valence-corrected chi connectivity index (χ4v) is 2.16. The van der Waals surface area contributed by atoms with Gasteiger partial charge in [0.25, 0.3) is 5.91 Å². The SMILES string of the molecule is O=C1COc2ccc(C(=O)C3CNCCO3)cc2N1. The maximum atomic E-state index is 12.2. The molecular formula is C13H14N2O4. The predicted octanol–water partition coefficient (Wildman–Crippen LogP) is 0.189. The van der Waals surface area contributed by atoms with Crippen LogP contribution in [0.1, 0.15) is 10.4 Å². The topological polar surface area (TPSA) is 76.7 Å². The summed E-state index contributed by atoms with van der Waals surface area (Å²) in [5, 5.41) is 5.80. The maximum Gasteiger partial charge on any atom is 0.262 e. The van der Waals surface area contributed by atoms with E-state index in [-0.39, 0.29) is 18.3 Å². The standard InChI is InChI=1S/C13H14N2O4/c16-12-7-19-10-2-1-8(5-9(10)15-12)13(17)11-6-14-3-4-18-11/h1-2,5,11,14H,3-4,6-7H2,(H,15,16). The number of morpholine rings is 1. The molecule has 2 aliphatic rings. The highest BCUT2D eigenvalue weighted by molar-refractivity contribution is 6.02. The molecule has 3 rings (SSSR count). The van der Waals surface area contributed by atoms with Crippen molar-refractivity contribution in [1.29, 1.82) is 0 Å². The minimum atomic E-state index is -0.466. The van der Waals surface area contributed by atoms with E-state index in [9.17, 15) is 9.59 Å². The number of carbonyl (C=O) groups excluding carboxylic acids is 2. The van der Waals surface area contributed by atoms with Crippen LogP contribution in [0.2, 0.25) is 0 Å². The van der Waals surface area contributed by atoms with Crippen molar-refractivity contribution in [2.24, 2.45) is 0 Å². The first kappa shape index (κ1) is 12.1. The molecule has 1 atom stereocenters. The Kier molecular flexibility index (Phi) is 3.18. The van der Waals surface area contributed by atoms with Crippen LogP contribution in [0.3, 0.4) is 0 Å². The number of Topliss-reactive ketones (excluding diaryl/α,β-unsaturated/α-hetero) is 1. The van der Waals surface area contributed by atoms with Crippen molar-refractivity contribution in [3.63, 3.8) is 0 Å². The Bertz CT molecular complexity index is 523. The zero-order valence-corrected chi connectivity index (χ0v) is 10.3. The first-order valence-corrected chi connectivity index (χ1v) is 6.17. The summed E-state index contributed by atoms with van der Waals surface area (Å²) in [4.78, 5) is 23.5. The number of benzene rings is 1. The zero-order valence-electron chi connectivity index (χ0n) is 10.3. The van der Waals surface area contributed by atoms with Crippen molar-refractivity contribution < 1.29 is 19.1 Å². The molecule has 100 valence electrons. The Labute approximate surface area is 110 Å². The third kappa shape index (κ3) is 2.45. The first-order valence-electron chi connectivity index (χ1n) is 6.17. The first-order chi connectivity index (χ1) is 9.24. The van der Waals surface area contributed by atoms with E-state index in [0.29, 0.717) is 30.2 Å². The highest BCUT2D eigenvalue weighted by Crippen LogP contribution is 2.29. The average molecular weight is 262 g/mol. The highest BCUT2D eigenvalue weighted by Gasteiger charge is 2.25. The van der Waals surface area contributed by atoms with Gasteiger partial charge in [0.15, 0.2) is 12.4 Å². The molecule has 0 aliphatic carbocycles. The van der Waals surface area contributed by atoms with Crippen molar-refractivity contribution in [2.75, 3.05) is 31.6 Å². The lowest BCUT2D eigenvalue weighted by Gasteiger charge is -2.23. The molecule has 0 bridgehead atoms. The van der Waals surface area contributed by atoms with Crippen molar-refractivity contribution in [2.45, 2.75) is 6.10 Å². The quantitative estimate of drug-likeness (QED) is 0.744. The van der Waals surface area contributed by atoms with Gasteiger partial charge in [-0.2, -0.15) is 0 Å². The smallest absolute Gasteiger partial charge is 0.262 e. The van der Waals surface area contributed by atoms with Gasteiger partial charge in [-0.05, 0) is 18.2 Å². The lowest BCUT2D eigenvalue weighted by atomic mass is 10.0. The molecule has 1 aromatic rings. The number of fused-ring (bicyclic) bond motifs is 1. The molecule has 1 amide bonds. The lowest BCUT2D eigenvalue weighted by Crippen LogP contribution is -2.43. The van der Waals surface area contributed by atoms with E-state index in [1.54, 1.807) is 18.2 Å². The van der Waals surface area contributed by atoms with Crippen LogP contribution in [0.25, 0.3) is 0 Å². The molecular weight excluding hydrogens is 248 g/mol. The summed E-state index contributed by atoms with van der Waals surface area (Å²) < 4.78 is 10.7. The molecule has 1 aromatic carbocycles. The van der Waals surface area contributed by atoms with Crippen molar-refractivity contribution >= 4 is 17.4 Å². The van der Waals surface area contributed by atoms with Crippen molar-refractivity contribution in [1.82, 2.24) is 5.32 Å². The van der Waals surface area contributed by atoms with Crippen LogP contribution in [-0.4, -0.2) is 44.1 Å². The summed E-state index contributed by atoms with van der Waals surface area (Å²) in [7, 11) is 0. The summed E-state index contributed by atoms with van der Waals surface area (Å²) in [6, 6.07) is 5.02. The zero-order chi connectivity index (χ0) is 13.2. The van der Waals surface area contributed by atoms with Gasteiger partial charge < -0.3 is 20.1 Å². The van der Waals surface area contributed by atoms with Crippen molar-refractivity contribution in [3.8, 4) is 5.75 Å². The van der Waals surface area contributed by atoms with Crippen LogP contribution >= 0.6 is 0 Å². The van der Waals surface area contributed by atoms with E-state index in [1.165, 1.54) is 0 Å². The minimum absolute atomic E-state index is 0.00987. The summed E-state index contributed by atoms with van der Waals surface area (Å²) in [5.41, 5.74) is 1.05. The van der Waals surface area contributed by atoms with Gasteiger partial charge in [0.2, 0.25) is 0 Å². The van der Waals surface area contributed by atoms with Gasteiger partial charge in [0, 0.05) is 18.7 Å². The fraction of sp³-hybridized carbons (Fsp3) is 0.385. The molecule has 19 heavy (non-hydrogen) atoms. The van der Waals surface area contributed by atoms with Crippen LogP contribution in [0.15, 0.2) is 18.2 Å². The third-order valence-corrected chi connectivity index (χ3v) is 3.12. The number of hydrogen-bond donors (Lipinski definition) is 2. The number of anilines is 1. The second kappa shape index (κ2) is 4.99. The molecule has 2 aliphatic heterocycles. The number of ether oxygens (including phenoxy) is 2. The number of ketones is 1. The second-order valence-electron chi connectivity index (χ2n) is 4.48. The van der Waals surface area contributed by atoms with E-state index in [4.69, 9.17) is 9.47 Å². The number of hydrogen-bond acceptors (Lipinski definition) is 5. The van der Waals surface area contributed by atoms with Gasteiger partial charge in [-0.15, -0.1) is 0 Å². The van der Waals surface area contributed by atoms with Crippen LogP contribution in [0.4, 0.5) is 5.69 Å². The average Bonchev–Trinajstić information content (AvgIpc) is 2.46. The Morgan fingerprint density at radius 1 is 1.37 bits per heavy atom. The number of rotatable bonds is 2. The van der Waals surface area contributed by atoms with Crippen molar-refractivity contribution in [3.05, 3.63) is 23.8 Å². The molecule has 0 saturated carbocycles. The van der Waals surface area contributed by atoms with Gasteiger partial charge in [-0.3, -0.25) is 9.59 Å². The molecule has 6 heteroatoms. The summed E-state index contributed by atoms with van der Waals surface area (Å²) >= 11 is 0. The number of amides is 1. The fourth-order valence-electron chi connectivity index (χ4n) is 2.16. The van der Waals surface area contributed by atoms with Crippen LogP contribution in [-0.2, 0) is 9.53 Å². The highest BCUT2D eigenvalue weighted by atomic mass is 16.5. The van der Waals surface area contributed by atoms with Gasteiger partial charge in [0.05, 0.1) is 12.3 Å². The van der Waals surface area contributed by atoms with E-state index in [1.807, 2.05) is 0 Å². The van der Waals surface area contributed by atoms with E-state index >= 15 is 0 Å². The Hall–Kier alpha value is -1.92. The molecule has 1 fully saturated rings. The molecule has 1 unspecified atom stereocenters. The molecule has 2 N–H and O–H groups in total. The van der Waals surface area contributed by atoms with E-state index in [2.05, 4.69) is 10.6 Å². The maximum absolute atomic E-state index is 12.2. The van der Waals surface area contributed by atoms with Gasteiger partial charge in [-0.1, -0.05) is 0 Å². The van der Waals surface area contributed by atoms with Crippen LogP contribution in [0, 0.1) is 0 Å². The largest absolute Gasteiger partial charge is 0.482 e.